The molecule has 0 bridgehead atoms. The summed E-state index contributed by atoms with van der Waals surface area (Å²) in [5.41, 5.74) is 4.15. The summed E-state index contributed by atoms with van der Waals surface area (Å²) in [5, 5.41) is 3.45. The van der Waals surface area contributed by atoms with Crippen molar-refractivity contribution < 1.29 is 4.39 Å². The highest BCUT2D eigenvalue weighted by Gasteiger charge is 2.41. The second-order valence-electron chi connectivity index (χ2n) is 7.00. The normalized spacial score (nSPS) is 25.9. The minimum atomic E-state index is -0.116. The Bertz CT molecular complexity index is 790. The second kappa shape index (κ2) is 6.31. The fourth-order valence-electron chi connectivity index (χ4n) is 4.39. The maximum absolute atomic E-state index is 13.6. The van der Waals surface area contributed by atoms with Gasteiger partial charge in [-0.1, -0.05) is 30.0 Å². The smallest absolute Gasteiger partial charge is 0.136 e. The fraction of sp³-hybridized carbons (Fsp3) is 0.400. The van der Waals surface area contributed by atoms with E-state index in [1.165, 1.54) is 21.7 Å². The molecule has 1 aliphatic carbocycles. The molecule has 0 radical (unpaired) electrons. The third-order valence-corrected chi connectivity index (χ3v) is 6.90. The van der Waals surface area contributed by atoms with Crippen LogP contribution in [0.3, 0.4) is 0 Å². The van der Waals surface area contributed by atoms with Gasteiger partial charge in [-0.05, 0) is 48.2 Å². The molecule has 1 saturated heterocycles. The van der Waals surface area contributed by atoms with Crippen molar-refractivity contribution in [2.45, 2.75) is 29.3 Å². The highest BCUT2D eigenvalue weighted by Crippen LogP contribution is 2.51. The van der Waals surface area contributed by atoms with Crippen molar-refractivity contribution in [2.75, 3.05) is 31.1 Å². The number of hydrogen-bond acceptors (Lipinski definition) is 4. The van der Waals surface area contributed by atoms with Gasteiger partial charge < -0.3 is 10.2 Å². The largest absolute Gasteiger partial charge is 0.339 e. The highest BCUT2D eigenvalue weighted by atomic mass is 32.2. The summed E-state index contributed by atoms with van der Waals surface area (Å²) < 4.78 is 13.6. The first kappa shape index (κ1) is 15.7. The van der Waals surface area contributed by atoms with E-state index < -0.39 is 0 Å². The Morgan fingerprint density at radius 2 is 1.92 bits per heavy atom. The van der Waals surface area contributed by atoms with Gasteiger partial charge in [-0.3, -0.25) is 4.90 Å². The first-order chi connectivity index (χ1) is 12.3. The average molecular weight is 355 g/mol. The lowest BCUT2D eigenvalue weighted by molar-refractivity contribution is 0.215. The van der Waals surface area contributed by atoms with Crippen LogP contribution in [0.5, 0.6) is 0 Å². The van der Waals surface area contributed by atoms with E-state index in [0.717, 1.165) is 39.0 Å². The molecule has 3 nitrogen and oxygen atoms in total. The summed E-state index contributed by atoms with van der Waals surface area (Å²) in [7, 11) is 0. The Hall–Kier alpha value is -1.56. The zero-order valence-electron chi connectivity index (χ0n) is 14.1. The third kappa shape index (κ3) is 2.65. The van der Waals surface area contributed by atoms with E-state index in [1.807, 2.05) is 17.8 Å². The van der Waals surface area contributed by atoms with Gasteiger partial charge >= 0.3 is 0 Å². The molecule has 5 heteroatoms. The van der Waals surface area contributed by atoms with E-state index >= 15 is 0 Å². The van der Waals surface area contributed by atoms with Crippen LogP contribution in [0, 0.1) is 5.82 Å². The van der Waals surface area contributed by atoms with E-state index in [1.54, 1.807) is 12.1 Å². The van der Waals surface area contributed by atoms with Gasteiger partial charge in [0.2, 0.25) is 0 Å². The molecule has 2 heterocycles. The van der Waals surface area contributed by atoms with E-state index in [2.05, 4.69) is 39.4 Å². The molecule has 3 aliphatic rings. The molecule has 0 spiro atoms. The van der Waals surface area contributed by atoms with Crippen molar-refractivity contribution in [3.8, 4) is 0 Å². The van der Waals surface area contributed by atoms with Gasteiger partial charge in [0.15, 0.2) is 0 Å². The number of benzene rings is 2. The Morgan fingerprint density at radius 1 is 1.08 bits per heavy atom. The number of piperazine rings is 1. The van der Waals surface area contributed by atoms with Crippen LogP contribution in [-0.2, 0) is 6.42 Å². The highest BCUT2D eigenvalue weighted by molar-refractivity contribution is 8.00. The molecule has 25 heavy (non-hydrogen) atoms. The lowest BCUT2D eigenvalue weighted by Crippen LogP contribution is -2.53. The van der Waals surface area contributed by atoms with Crippen LogP contribution in [0.2, 0.25) is 0 Å². The molecule has 2 aliphatic heterocycles. The van der Waals surface area contributed by atoms with E-state index in [-0.39, 0.29) is 5.82 Å². The third-order valence-electron chi connectivity index (χ3n) is 5.56. The van der Waals surface area contributed by atoms with Gasteiger partial charge in [-0.2, -0.15) is 0 Å². The molecule has 0 aromatic heterocycles. The lowest BCUT2D eigenvalue weighted by atomic mass is 10.1. The number of para-hydroxylation sites is 1. The number of rotatable bonds is 2. The minimum Gasteiger partial charge on any atom is -0.339 e. The molecule has 0 amide bonds. The number of halogens is 1. The van der Waals surface area contributed by atoms with Gasteiger partial charge in [0.25, 0.3) is 0 Å². The van der Waals surface area contributed by atoms with E-state index in [4.69, 9.17) is 0 Å². The summed E-state index contributed by atoms with van der Waals surface area (Å²) in [6.45, 7) is 4.25. The molecule has 2 aromatic rings. The molecular weight excluding hydrogens is 333 g/mol. The number of fused-ring (bicyclic) bond motifs is 2. The average Bonchev–Trinajstić information content (AvgIpc) is 3.23. The summed E-state index contributed by atoms with van der Waals surface area (Å²) in [5.74, 6) is -0.116. The number of nitrogens with one attached hydrogen (secondary N) is 1. The van der Waals surface area contributed by atoms with Crippen LogP contribution in [0.15, 0.2) is 47.4 Å². The van der Waals surface area contributed by atoms with Crippen molar-refractivity contribution >= 4 is 17.4 Å². The Morgan fingerprint density at radius 3 is 2.80 bits per heavy atom. The van der Waals surface area contributed by atoms with Gasteiger partial charge in [0, 0.05) is 31.1 Å². The maximum atomic E-state index is 13.6. The number of anilines is 1. The summed E-state index contributed by atoms with van der Waals surface area (Å²) >= 11 is 1.97. The monoisotopic (exact) mass is 355 g/mol. The van der Waals surface area contributed by atoms with Crippen LogP contribution in [0.4, 0.5) is 10.1 Å². The van der Waals surface area contributed by atoms with Crippen LogP contribution >= 0.6 is 11.8 Å². The van der Waals surface area contributed by atoms with Crippen molar-refractivity contribution in [3.05, 3.63) is 59.4 Å². The van der Waals surface area contributed by atoms with E-state index in [0.29, 0.717) is 11.5 Å². The van der Waals surface area contributed by atoms with Crippen LogP contribution in [0.25, 0.3) is 0 Å². The molecule has 130 valence electrons. The van der Waals surface area contributed by atoms with Crippen LogP contribution in [-0.4, -0.2) is 36.6 Å². The van der Waals surface area contributed by atoms with E-state index in [9.17, 15) is 4.39 Å². The number of aryl methyl sites for hydroxylation is 1. The zero-order valence-corrected chi connectivity index (χ0v) is 14.9. The molecule has 1 N–H and O–H groups in total. The predicted octanol–water partition coefficient (Wildman–Crippen LogP) is 3.61. The fourth-order valence-corrected chi connectivity index (χ4v) is 5.80. The topological polar surface area (TPSA) is 18.5 Å². The van der Waals surface area contributed by atoms with Crippen molar-refractivity contribution in [2.24, 2.45) is 0 Å². The Balaban J connectivity index is 1.54. The van der Waals surface area contributed by atoms with Gasteiger partial charge in [0.05, 0.1) is 11.7 Å². The second-order valence-corrected chi connectivity index (χ2v) is 8.10. The van der Waals surface area contributed by atoms with Gasteiger partial charge in [-0.25, -0.2) is 4.39 Å². The SMILES string of the molecule is Fc1ccc2c(c1)CCC2N1c2ccccc2S[C@H]1N1CCNCC1. The van der Waals surface area contributed by atoms with Gasteiger partial charge in [-0.15, -0.1) is 0 Å². The number of nitrogens with zero attached hydrogens (tertiary/aromatic N) is 2. The summed E-state index contributed by atoms with van der Waals surface area (Å²) in [6.07, 6.45) is 2.03. The Labute approximate surface area is 152 Å². The van der Waals surface area contributed by atoms with Crippen molar-refractivity contribution in [1.29, 1.82) is 0 Å². The van der Waals surface area contributed by atoms with Crippen LogP contribution in [0.1, 0.15) is 23.6 Å². The predicted molar refractivity (Wildman–Crippen MR) is 100 cm³/mol. The lowest BCUT2D eigenvalue weighted by Gasteiger charge is -2.41. The standard InChI is InChI=1S/C20H22FN3S/c21-15-6-7-16-14(13-15)5-8-17(16)24-18-3-1-2-4-19(18)25-20(24)23-11-9-22-10-12-23/h1-4,6-7,13,17,20,22H,5,8-12H2/t17?,20-/m0/s1. The van der Waals surface area contributed by atoms with Crippen molar-refractivity contribution in [1.82, 2.24) is 10.2 Å². The molecule has 2 atom stereocenters. The van der Waals surface area contributed by atoms with Crippen LogP contribution < -0.4 is 10.2 Å². The zero-order chi connectivity index (χ0) is 16.8. The molecule has 1 fully saturated rings. The molecule has 5 rings (SSSR count). The first-order valence-electron chi connectivity index (χ1n) is 9.08. The summed E-state index contributed by atoms with van der Waals surface area (Å²) in [6, 6.07) is 14.4. The van der Waals surface area contributed by atoms with Crippen molar-refractivity contribution in [3.63, 3.8) is 0 Å². The summed E-state index contributed by atoms with van der Waals surface area (Å²) in [4.78, 5) is 6.54. The molecular formula is C20H22FN3S. The number of hydrogen-bond donors (Lipinski definition) is 1. The molecule has 1 unspecified atom stereocenters. The molecule has 2 aromatic carbocycles. The van der Waals surface area contributed by atoms with Gasteiger partial charge in [0.1, 0.15) is 11.3 Å². The Kier molecular flexibility index (Phi) is 3.95. The quantitative estimate of drug-likeness (QED) is 0.887. The maximum Gasteiger partial charge on any atom is 0.136 e. The molecule has 0 saturated carbocycles. The first-order valence-corrected chi connectivity index (χ1v) is 9.96. The number of thioether (sulfide) groups is 1. The minimum absolute atomic E-state index is 0.116.